The number of ether oxygens (including phenoxy) is 1. The second-order valence-electron chi connectivity index (χ2n) is 7.40. The second-order valence-corrected chi connectivity index (χ2v) is 7.40. The number of hydrogen-bond acceptors (Lipinski definition) is 5. The van der Waals surface area contributed by atoms with Gasteiger partial charge in [0.2, 0.25) is 0 Å². The minimum Gasteiger partial charge on any atom is -0.497 e. The lowest BCUT2D eigenvalue weighted by Crippen LogP contribution is -2.37. The molecule has 0 radical (unpaired) electrons. The van der Waals surface area contributed by atoms with Crippen molar-refractivity contribution in [3.8, 4) is 5.75 Å². The number of likely N-dealkylation sites (tertiary alicyclic amines) is 1. The zero-order valence-electron chi connectivity index (χ0n) is 16.0. The Labute approximate surface area is 160 Å². The molecule has 1 amide bonds. The van der Waals surface area contributed by atoms with Crippen molar-refractivity contribution in [2.75, 3.05) is 27.2 Å². The Morgan fingerprint density at radius 3 is 2.96 bits per heavy atom. The molecule has 142 valence electrons. The van der Waals surface area contributed by atoms with Crippen LogP contribution in [-0.4, -0.2) is 52.9 Å². The fraction of sp³-hybridized carbons (Fsp3) is 0.476. The zero-order valence-corrected chi connectivity index (χ0v) is 16.0. The quantitative estimate of drug-likeness (QED) is 0.836. The van der Waals surface area contributed by atoms with Gasteiger partial charge in [-0.1, -0.05) is 12.5 Å². The van der Waals surface area contributed by atoms with E-state index in [0.717, 1.165) is 36.5 Å². The number of amides is 1. The summed E-state index contributed by atoms with van der Waals surface area (Å²) in [5.41, 5.74) is 2.80. The average molecular weight is 366 g/mol. The van der Waals surface area contributed by atoms with Crippen molar-refractivity contribution >= 4 is 5.91 Å². The normalized spacial score (nSPS) is 20.2. The third-order valence-electron chi connectivity index (χ3n) is 5.62. The second kappa shape index (κ2) is 7.64. The molecule has 6 heteroatoms. The predicted molar refractivity (Wildman–Crippen MR) is 103 cm³/mol. The lowest BCUT2D eigenvalue weighted by Gasteiger charge is -2.33. The van der Waals surface area contributed by atoms with Crippen LogP contribution in [0.15, 0.2) is 30.5 Å². The number of methoxy groups -OCH3 is 1. The summed E-state index contributed by atoms with van der Waals surface area (Å²) in [6.07, 6.45) is 6.30. The first-order valence-corrected chi connectivity index (χ1v) is 9.64. The summed E-state index contributed by atoms with van der Waals surface area (Å²) in [6, 6.07) is 7.63. The lowest BCUT2D eigenvalue weighted by molar-refractivity contribution is 0.0732. The molecule has 2 aliphatic heterocycles. The summed E-state index contributed by atoms with van der Waals surface area (Å²) >= 11 is 0. The molecule has 0 saturated carbocycles. The fourth-order valence-electron chi connectivity index (χ4n) is 4.01. The van der Waals surface area contributed by atoms with Gasteiger partial charge in [-0.3, -0.25) is 9.69 Å². The van der Waals surface area contributed by atoms with Gasteiger partial charge in [0.1, 0.15) is 11.6 Å². The van der Waals surface area contributed by atoms with Crippen LogP contribution in [0.3, 0.4) is 0 Å². The summed E-state index contributed by atoms with van der Waals surface area (Å²) < 4.78 is 5.23. The van der Waals surface area contributed by atoms with E-state index in [1.165, 1.54) is 12.8 Å². The van der Waals surface area contributed by atoms with E-state index >= 15 is 0 Å². The topological polar surface area (TPSA) is 58.6 Å². The molecule has 0 spiro atoms. The van der Waals surface area contributed by atoms with Gasteiger partial charge in [0.05, 0.1) is 18.8 Å². The Balaban J connectivity index is 1.51. The SMILES string of the molecule is COc1cccc(C(=O)N2CCc3nc([C@H]4CCCCN4C)ncc3C2)c1. The molecule has 6 nitrogen and oxygen atoms in total. The van der Waals surface area contributed by atoms with Crippen LogP contribution < -0.4 is 4.74 Å². The number of rotatable bonds is 3. The Kier molecular flexibility index (Phi) is 5.07. The number of aromatic nitrogens is 2. The van der Waals surface area contributed by atoms with E-state index < -0.39 is 0 Å². The number of fused-ring (bicyclic) bond motifs is 1. The maximum Gasteiger partial charge on any atom is 0.254 e. The number of piperidine rings is 1. The molecular weight excluding hydrogens is 340 g/mol. The summed E-state index contributed by atoms with van der Waals surface area (Å²) in [5.74, 6) is 1.65. The minimum atomic E-state index is 0.0237. The summed E-state index contributed by atoms with van der Waals surface area (Å²) in [6.45, 7) is 2.35. The van der Waals surface area contributed by atoms with Gasteiger partial charge in [-0.05, 0) is 44.6 Å². The Hall–Kier alpha value is -2.47. The van der Waals surface area contributed by atoms with Crippen molar-refractivity contribution in [3.63, 3.8) is 0 Å². The molecule has 0 aliphatic carbocycles. The molecule has 0 N–H and O–H groups in total. The van der Waals surface area contributed by atoms with Gasteiger partial charge in [0.25, 0.3) is 5.91 Å². The van der Waals surface area contributed by atoms with Gasteiger partial charge in [-0.15, -0.1) is 0 Å². The van der Waals surface area contributed by atoms with E-state index in [1.807, 2.05) is 29.3 Å². The molecule has 1 aromatic carbocycles. The molecule has 1 aromatic heterocycles. The van der Waals surface area contributed by atoms with Crippen molar-refractivity contribution < 1.29 is 9.53 Å². The third-order valence-corrected chi connectivity index (χ3v) is 5.62. The highest BCUT2D eigenvalue weighted by Gasteiger charge is 2.27. The number of nitrogens with zero attached hydrogens (tertiary/aromatic N) is 4. The zero-order chi connectivity index (χ0) is 18.8. The van der Waals surface area contributed by atoms with Crippen LogP contribution in [-0.2, 0) is 13.0 Å². The van der Waals surface area contributed by atoms with Gasteiger partial charge in [-0.25, -0.2) is 9.97 Å². The first-order valence-electron chi connectivity index (χ1n) is 9.64. The summed E-state index contributed by atoms with van der Waals surface area (Å²) in [4.78, 5) is 26.6. The van der Waals surface area contributed by atoms with E-state index in [4.69, 9.17) is 9.72 Å². The molecule has 1 fully saturated rings. The molecule has 1 saturated heterocycles. The highest BCUT2D eigenvalue weighted by atomic mass is 16.5. The Morgan fingerprint density at radius 1 is 1.26 bits per heavy atom. The molecule has 2 aliphatic rings. The van der Waals surface area contributed by atoms with E-state index in [1.54, 1.807) is 13.2 Å². The van der Waals surface area contributed by atoms with Crippen molar-refractivity contribution in [3.05, 3.63) is 53.1 Å². The van der Waals surface area contributed by atoms with Crippen LogP contribution in [0.2, 0.25) is 0 Å². The van der Waals surface area contributed by atoms with Gasteiger partial charge in [-0.2, -0.15) is 0 Å². The number of carbonyl (C=O) groups is 1. The van der Waals surface area contributed by atoms with Crippen molar-refractivity contribution in [2.24, 2.45) is 0 Å². The van der Waals surface area contributed by atoms with E-state index in [9.17, 15) is 4.79 Å². The monoisotopic (exact) mass is 366 g/mol. The van der Waals surface area contributed by atoms with Crippen LogP contribution in [0.1, 0.15) is 52.7 Å². The van der Waals surface area contributed by atoms with Gasteiger partial charge in [0, 0.05) is 36.8 Å². The molecule has 4 rings (SSSR count). The van der Waals surface area contributed by atoms with Crippen LogP contribution in [0.25, 0.3) is 0 Å². The predicted octanol–water partition coefficient (Wildman–Crippen LogP) is 2.84. The maximum absolute atomic E-state index is 12.9. The standard InChI is InChI=1S/C21H26N4O2/c1-24-10-4-3-8-19(24)20-22-13-16-14-25(11-9-18(16)23-20)21(26)15-6-5-7-17(12-15)27-2/h5-7,12-13,19H,3-4,8-11,14H2,1-2H3/t19-/m1/s1. The van der Waals surface area contributed by atoms with Crippen molar-refractivity contribution in [1.82, 2.24) is 19.8 Å². The molecular formula is C21H26N4O2. The van der Waals surface area contributed by atoms with E-state index in [2.05, 4.69) is 16.9 Å². The van der Waals surface area contributed by atoms with Crippen LogP contribution in [0.5, 0.6) is 5.75 Å². The summed E-state index contributed by atoms with van der Waals surface area (Å²) in [5, 5.41) is 0. The van der Waals surface area contributed by atoms with Crippen LogP contribution in [0, 0.1) is 0 Å². The van der Waals surface area contributed by atoms with E-state index in [-0.39, 0.29) is 5.91 Å². The first-order chi connectivity index (χ1) is 13.2. The Morgan fingerprint density at radius 2 is 2.15 bits per heavy atom. The van der Waals surface area contributed by atoms with Gasteiger partial charge >= 0.3 is 0 Å². The van der Waals surface area contributed by atoms with Crippen molar-refractivity contribution in [2.45, 2.75) is 38.3 Å². The molecule has 27 heavy (non-hydrogen) atoms. The highest BCUT2D eigenvalue weighted by molar-refractivity contribution is 5.94. The largest absolute Gasteiger partial charge is 0.497 e. The first kappa shape index (κ1) is 17.9. The number of carbonyl (C=O) groups excluding carboxylic acids is 1. The van der Waals surface area contributed by atoms with Crippen molar-refractivity contribution in [1.29, 1.82) is 0 Å². The molecule has 3 heterocycles. The number of hydrogen-bond donors (Lipinski definition) is 0. The van der Waals surface area contributed by atoms with Gasteiger partial charge < -0.3 is 9.64 Å². The highest BCUT2D eigenvalue weighted by Crippen LogP contribution is 2.28. The third kappa shape index (κ3) is 3.67. The van der Waals surface area contributed by atoms with E-state index in [0.29, 0.717) is 30.4 Å². The Bertz CT molecular complexity index is 839. The molecule has 1 atom stereocenters. The summed E-state index contributed by atoms with van der Waals surface area (Å²) in [7, 11) is 3.76. The van der Waals surface area contributed by atoms with Crippen LogP contribution >= 0.6 is 0 Å². The molecule has 0 bridgehead atoms. The maximum atomic E-state index is 12.9. The minimum absolute atomic E-state index is 0.0237. The molecule has 0 unspecified atom stereocenters. The molecule has 2 aromatic rings. The smallest absolute Gasteiger partial charge is 0.254 e. The van der Waals surface area contributed by atoms with Gasteiger partial charge in [0.15, 0.2) is 0 Å². The number of benzene rings is 1. The average Bonchev–Trinajstić information content (AvgIpc) is 2.73. The lowest BCUT2D eigenvalue weighted by atomic mass is 10.0. The van der Waals surface area contributed by atoms with Crippen LogP contribution in [0.4, 0.5) is 0 Å². The fourth-order valence-corrected chi connectivity index (χ4v) is 4.01.